The molecule has 78 valence electrons. The second-order valence-corrected chi connectivity index (χ2v) is 3.72. The standard InChI is InChI=1S/C12H12ClNO/c1-3-11-10-5-4-9(15-2)6-8(10)7-12(13)14-11/h4-7H,3H2,1-2H3. The van der Waals surface area contributed by atoms with E-state index >= 15 is 0 Å². The monoisotopic (exact) mass is 221 g/mol. The van der Waals surface area contributed by atoms with Crippen molar-refractivity contribution in [3.05, 3.63) is 35.1 Å². The molecule has 0 saturated carbocycles. The molecule has 0 aliphatic heterocycles. The number of hydrogen-bond acceptors (Lipinski definition) is 2. The number of ether oxygens (including phenoxy) is 1. The zero-order valence-corrected chi connectivity index (χ0v) is 9.51. The van der Waals surface area contributed by atoms with Crippen LogP contribution in [0.25, 0.3) is 10.8 Å². The topological polar surface area (TPSA) is 22.1 Å². The zero-order valence-electron chi connectivity index (χ0n) is 8.75. The van der Waals surface area contributed by atoms with E-state index in [4.69, 9.17) is 16.3 Å². The maximum atomic E-state index is 5.95. The average Bonchev–Trinajstić information content (AvgIpc) is 2.26. The van der Waals surface area contributed by atoms with Gasteiger partial charge in [0.05, 0.1) is 7.11 Å². The molecular weight excluding hydrogens is 210 g/mol. The Balaban J connectivity index is 2.72. The predicted molar refractivity (Wildman–Crippen MR) is 62.7 cm³/mol. The summed E-state index contributed by atoms with van der Waals surface area (Å²) in [7, 11) is 1.66. The van der Waals surface area contributed by atoms with Gasteiger partial charge in [-0.15, -0.1) is 0 Å². The summed E-state index contributed by atoms with van der Waals surface area (Å²) in [6.45, 7) is 2.07. The van der Waals surface area contributed by atoms with Crippen LogP contribution < -0.4 is 4.74 Å². The first kappa shape index (κ1) is 10.2. The summed E-state index contributed by atoms with van der Waals surface area (Å²) in [5.41, 5.74) is 1.03. The van der Waals surface area contributed by atoms with Gasteiger partial charge in [0.2, 0.25) is 0 Å². The number of aryl methyl sites for hydroxylation is 1. The summed E-state index contributed by atoms with van der Waals surface area (Å²) in [5.74, 6) is 0.840. The molecule has 0 spiro atoms. The molecule has 0 atom stereocenters. The lowest BCUT2D eigenvalue weighted by molar-refractivity contribution is 0.415. The Bertz CT molecular complexity index is 496. The third-order valence-corrected chi connectivity index (χ3v) is 2.61. The van der Waals surface area contributed by atoms with E-state index in [0.29, 0.717) is 5.15 Å². The van der Waals surface area contributed by atoms with Crippen molar-refractivity contribution in [1.82, 2.24) is 4.98 Å². The molecule has 1 heterocycles. The van der Waals surface area contributed by atoms with Crippen molar-refractivity contribution in [2.45, 2.75) is 13.3 Å². The molecular formula is C12H12ClNO. The molecule has 1 aromatic carbocycles. The van der Waals surface area contributed by atoms with Gasteiger partial charge < -0.3 is 4.74 Å². The van der Waals surface area contributed by atoms with Crippen molar-refractivity contribution in [3.8, 4) is 5.75 Å². The molecule has 0 aliphatic rings. The largest absolute Gasteiger partial charge is 0.497 e. The Hall–Kier alpha value is -1.28. The van der Waals surface area contributed by atoms with Gasteiger partial charge in [0, 0.05) is 11.1 Å². The van der Waals surface area contributed by atoms with Crippen molar-refractivity contribution in [1.29, 1.82) is 0 Å². The fourth-order valence-corrected chi connectivity index (χ4v) is 1.89. The lowest BCUT2D eigenvalue weighted by atomic mass is 10.1. The SMILES string of the molecule is CCc1nc(Cl)cc2cc(OC)ccc12. The molecule has 0 saturated heterocycles. The van der Waals surface area contributed by atoms with E-state index in [2.05, 4.69) is 11.9 Å². The summed E-state index contributed by atoms with van der Waals surface area (Å²) >= 11 is 5.95. The van der Waals surface area contributed by atoms with Crippen LogP contribution in [0.5, 0.6) is 5.75 Å². The highest BCUT2D eigenvalue weighted by Gasteiger charge is 2.04. The maximum Gasteiger partial charge on any atom is 0.129 e. The Labute approximate surface area is 93.8 Å². The van der Waals surface area contributed by atoms with Gasteiger partial charge in [-0.25, -0.2) is 4.98 Å². The second-order valence-electron chi connectivity index (χ2n) is 3.33. The molecule has 0 unspecified atom stereocenters. The molecule has 1 aromatic heterocycles. The van der Waals surface area contributed by atoms with Gasteiger partial charge in [-0.1, -0.05) is 18.5 Å². The smallest absolute Gasteiger partial charge is 0.129 e. The fourth-order valence-electron chi connectivity index (χ4n) is 1.67. The highest BCUT2D eigenvalue weighted by molar-refractivity contribution is 6.30. The van der Waals surface area contributed by atoms with Crippen LogP contribution in [0.2, 0.25) is 5.15 Å². The van der Waals surface area contributed by atoms with Gasteiger partial charge in [0.25, 0.3) is 0 Å². The molecule has 0 bridgehead atoms. The number of halogens is 1. The third-order valence-electron chi connectivity index (χ3n) is 2.42. The minimum atomic E-state index is 0.535. The van der Waals surface area contributed by atoms with E-state index < -0.39 is 0 Å². The summed E-state index contributed by atoms with van der Waals surface area (Å²) in [5, 5.41) is 2.75. The number of benzene rings is 1. The van der Waals surface area contributed by atoms with Crippen molar-refractivity contribution in [2.24, 2.45) is 0 Å². The van der Waals surface area contributed by atoms with Crippen LogP contribution >= 0.6 is 11.6 Å². The number of nitrogens with zero attached hydrogens (tertiary/aromatic N) is 1. The van der Waals surface area contributed by atoms with Crippen LogP contribution in [0.4, 0.5) is 0 Å². The Morgan fingerprint density at radius 2 is 2.13 bits per heavy atom. The van der Waals surface area contributed by atoms with Crippen molar-refractivity contribution in [3.63, 3.8) is 0 Å². The van der Waals surface area contributed by atoms with E-state index in [1.165, 1.54) is 0 Å². The minimum Gasteiger partial charge on any atom is -0.497 e. The fraction of sp³-hybridized carbons (Fsp3) is 0.250. The predicted octanol–water partition coefficient (Wildman–Crippen LogP) is 3.46. The van der Waals surface area contributed by atoms with Gasteiger partial charge >= 0.3 is 0 Å². The maximum absolute atomic E-state index is 5.95. The number of rotatable bonds is 2. The molecule has 2 nitrogen and oxygen atoms in total. The molecule has 0 radical (unpaired) electrons. The van der Waals surface area contributed by atoms with Crippen molar-refractivity contribution >= 4 is 22.4 Å². The van der Waals surface area contributed by atoms with Crippen LogP contribution in [0.3, 0.4) is 0 Å². The molecule has 0 aliphatic carbocycles. The van der Waals surface area contributed by atoms with Crippen molar-refractivity contribution < 1.29 is 4.74 Å². The molecule has 0 fully saturated rings. The first-order valence-corrected chi connectivity index (χ1v) is 5.25. The number of hydrogen-bond donors (Lipinski definition) is 0. The van der Waals surface area contributed by atoms with Gasteiger partial charge in [-0.05, 0) is 36.1 Å². The zero-order chi connectivity index (χ0) is 10.8. The molecule has 2 rings (SSSR count). The first-order chi connectivity index (χ1) is 7.24. The Morgan fingerprint density at radius 1 is 1.33 bits per heavy atom. The van der Waals surface area contributed by atoms with Crippen LogP contribution in [0.15, 0.2) is 24.3 Å². The number of fused-ring (bicyclic) bond motifs is 1. The van der Waals surface area contributed by atoms with Crippen molar-refractivity contribution in [2.75, 3.05) is 7.11 Å². The Kier molecular flexibility index (Phi) is 2.78. The molecule has 15 heavy (non-hydrogen) atoms. The lowest BCUT2D eigenvalue weighted by Crippen LogP contribution is -1.91. The summed E-state index contributed by atoms with van der Waals surface area (Å²) in [4.78, 5) is 4.30. The average molecular weight is 222 g/mol. The summed E-state index contributed by atoms with van der Waals surface area (Å²) < 4.78 is 5.17. The van der Waals surface area contributed by atoms with E-state index in [-0.39, 0.29) is 0 Å². The van der Waals surface area contributed by atoms with Gasteiger partial charge in [-0.3, -0.25) is 0 Å². The highest BCUT2D eigenvalue weighted by Crippen LogP contribution is 2.25. The van der Waals surface area contributed by atoms with Crippen LogP contribution in [-0.2, 0) is 6.42 Å². The van der Waals surface area contributed by atoms with Crippen LogP contribution in [-0.4, -0.2) is 12.1 Å². The van der Waals surface area contributed by atoms with Crippen LogP contribution in [0.1, 0.15) is 12.6 Å². The van der Waals surface area contributed by atoms with Gasteiger partial charge in [0.1, 0.15) is 10.9 Å². The van der Waals surface area contributed by atoms with Gasteiger partial charge in [-0.2, -0.15) is 0 Å². The van der Waals surface area contributed by atoms with E-state index in [1.807, 2.05) is 24.3 Å². The first-order valence-electron chi connectivity index (χ1n) is 4.87. The van der Waals surface area contributed by atoms with E-state index in [9.17, 15) is 0 Å². The van der Waals surface area contributed by atoms with E-state index in [1.54, 1.807) is 7.11 Å². The highest BCUT2D eigenvalue weighted by atomic mass is 35.5. The lowest BCUT2D eigenvalue weighted by Gasteiger charge is -2.06. The third kappa shape index (κ3) is 1.90. The number of pyridine rings is 1. The second kappa shape index (κ2) is 4.07. The normalized spacial score (nSPS) is 10.6. The molecule has 0 amide bonds. The number of aromatic nitrogens is 1. The number of methoxy groups -OCH3 is 1. The molecule has 2 aromatic rings. The quantitative estimate of drug-likeness (QED) is 0.725. The van der Waals surface area contributed by atoms with E-state index in [0.717, 1.165) is 28.6 Å². The summed E-state index contributed by atoms with van der Waals surface area (Å²) in [6.07, 6.45) is 0.878. The summed E-state index contributed by atoms with van der Waals surface area (Å²) in [6, 6.07) is 7.80. The van der Waals surface area contributed by atoms with Crippen LogP contribution in [0, 0.1) is 0 Å². The minimum absolute atomic E-state index is 0.535. The molecule has 0 N–H and O–H groups in total. The molecule has 3 heteroatoms. The van der Waals surface area contributed by atoms with Gasteiger partial charge in [0.15, 0.2) is 0 Å². The Morgan fingerprint density at radius 3 is 2.80 bits per heavy atom.